The number of aryl methyl sites for hydroxylation is 2. The van der Waals surface area contributed by atoms with Gasteiger partial charge in [-0.25, -0.2) is 13.8 Å². The summed E-state index contributed by atoms with van der Waals surface area (Å²) in [5.41, 5.74) is 4.21. The van der Waals surface area contributed by atoms with Crippen molar-refractivity contribution in [1.29, 1.82) is 0 Å². The minimum absolute atomic E-state index is 0.0673. The van der Waals surface area contributed by atoms with Crippen LogP contribution in [0.5, 0.6) is 11.5 Å². The first-order chi connectivity index (χ1) is 17.4. The Morgan fingerprint density at radius 3 is 2.72 bits per heavy atom. The highest BCUT2D eigenvalue weighted by molar-refractivity contribution is 5.85. The highest BCUT2D eigenvalue weighted by Crippen LogP contribution is 2.35. The molecule has 6 nitrogen and oxygen atoms in total. The van der Waals surface area contributed by atoms with Gasteiger partial charge in [0, 0.05) is 53.5 Å². The van der Waals surface area contributed by atoms with Gasteiger partial charge >= 0.3 is 5.97 Å². The van der Waals surface area contributed by atoms with Gasteiger partial charge in [-0.1, -0.05) is 24.3 Å². The van der Waals surface area contributed by atoms with Crippen LogP contribution < -0.4 is 4.74 Å². The predicted octanol–water partition coefficient (Wildman–Crippen LogP) is 6.54. The van der Waals surface area contributed by atoms with Crippen molar-refractivity contribution in [1.82, 2.24) is 15.0 Å². The van der Waals surface area contributed by atoms with Crippen LogP contribution in [0.4, 0.5) is 8.78 Å². The molecule has 0 aliphatic rings. The molecule has 5 aromatic rings. The van der Waals surface area contributed by atoms with Crippen LogP contribution >= 0.6 is 0 Å². The molecule has 36 heavy (non-hydrogen) atoms. The second kappa shape index (κ2) is 9.65. The van der Waals surface area contributed by atoms with Crippen LogP contribution in [0, 0.1) is 18.6 Å². The van der Waals surface area contributed by atoms with E-state index in [2.05, 4.69) is 15.0 Å². The molecule has 2 aromatic heterocycles. The summed E-state index contributed by atoms with van der Waals surface area (Å²) in [6, 6.07) is 15.1. The van der Waals surface area contributed by atoms with Crippen LogP contribution in [0.15, 0.2) is 67.0 Å². The molecule has 0 saturated carbocycles. The summed E-state index contributed by atoms with van der Waals surface area (Å²) < 4.78 is 35.3. The fourth-order valence-corrected chi connectivity index (χ4v) is 4.27. The number of hydrogen-bond donors (Lipinski definition) is 3. The Balaban J connectivity index is 1.37. The zero-order valence-electron chi connectivity index (χ0n) is 19.4. The monoisotopic (exact) mass is 487 g/mol. The fraction of sp³-hybridized carbons (Fsp3) is 0.143. The lowest BCUT2D eigenvalue weighted by Gasteiger charge is -2.12. The number of hydrogen-bond acceptors (Lipinski definition) is 3. The molecule has 3 aromatic carbocycles. The zero-order chi connectivity index (χ0) is 25.2. The van der Waals surface area contributed by atoms with Crippen LogP contribution in [0.25, 0.3) is 22.3 Å². The lowest BCUT2D eigenvalue weighted by atomic mass is 10.0. The summed E-state index contributed by atoms with van der Waals surface area (Å²) in [6.45, 7) is 1.77. The van der Waals surface area contributed by atoms with Gasteiger partial charge in [0.1, 0.15) is 17.4 Å². The number of fused-ring (bicyclic) bond motifs is 1. The van der Waals surface area contributed by atoms with Crippen LogP contribution in [0.3, 0.4) is 0 Å². The minimum atomic E-state index is -0.838. The van der Waals surface area contributed by atoms with E-state index in [-0.39, 0.29) is 23.5 Å². The number of nitrogens with zero attached hydrogens (tertiary/aromatic N) is 1. The normalized spacial score (nSPS) is 11.2. The van der Waals surface area contributed by atoms with E-state index in [4.69, 9.17) is 9.84 Å². The number of halogens is 2. The Labute approximate surface area is 205 Å². The van der Waals surface area contributed by atoms with Gasteiger partial charge < -0.3 is 19.8 Å². The number of nitrogens with one attached hydrogen (secondary N) is 2. The number of aromatic nitrogens is 3. The Morgan fingerprint density at radius 1 is 1.06 bits per heavy atom. The van der Waals surface area contributed by atoms with Crippen molar-refractivity contribution in [3.8, 4) is 22.9 Å². The summed E-state index contributed by atoms with van der Waals surface area (Å²) in [5.74, 6) is -1.14. The number of benzene rings is 3. The van der Waals surface area contributed by atoms with Gasteiger partial charge in [0.05, 0.1) is 5.56 Å². The van der Waals surface area contributed by atoms with Crippen molar-refractivity contribution >= 4 is 16.9 Å². The topological polar surface area (TPSA) is 91.0 Å². The van der Waals surface area contributed by atoms with Gasteiger partial charge in [-0.2, -0.15) is 0 Å². The maximum Gasteiger partial charge on any atom is 0.303 e. The summed E-state index contributed by atoms with van der Waals surface area (Å²) >= 11 is 0. The molecular formula is C28H23F2N3O3. The van der Waals surface area contributed by atoms with Gasteiger partial charge in [-0.05, 0) is 48.7 Å². The van der Waals surface area contributed by atoms with E-state index in [1.165, 1.54) is 24.3 Å². The maximum absolute atomic E-state index is 14.7. The van der Waals surface area contributed by atoms with E-state index in [0.29, 0.717) is 29.7 Å². The standard InChI is InChI=1S/C28H23F2N3O3/c1-16-21-9-10-31-25(21)14-24(30)27(16)36-20-6-7-23(29)22(13-20)28-32-15-19(33-28)12-18-4-2-3-17(11-18)5-8-26(34)35/h2-4,6-7,9-11,13-15,31H,5,8,12H2,1H3,(H,32,33)(H,34,35). The number of imidazole rings is 1. The van der Waals surface area contributed by atoms with E-state index in [9.17, 15) is 13.6 Å². The average molecular weight is 488 g/mol. The molecule has 5 rings (SSSR count). The molecule has 0 bridgehead atoms. The summed E-state index contributed by atoms with van der Waals surface area (Å²) in [7, 11) is 0. The number of carboxylic acids is 1. The summed E-state index contributed by atoms with van der Waals surface area (Å²) in [6.07, 6.45) is 4.41. The van der Waals surface area contributed by atoms with Crippen LogP contribution in [0.2, 0.25) is 0 Å². The molecule has 0 aliphatic carbocycles. The van der Waals surface area contributed by atoms with Crippen molar-refractivity contribution < 1.29 is 23.4 Å². The molecule has 0 unspecified atom stereocenters. The molecule has 0 saturated heterocycles. The van der Waals surface area contributed by atoms with Gasteiger partial charge in [-0.3, -0.25) is 4.79 Å². The molecule has 2 heterocycles. The first kappa shape index (κ1) is 23.3. The number of aliphatic carboxylic acids is 1. The Bertz CT molecular complexity index is 1570. The third-order valence-electron chi connectivity index (χ3n) is 6.07. The number of ether oxygens (including phenoxy) is 1. The van der Waals surface area contributed by atoms with E-state index in [1.54, 1.807) is 19.3 Å². The smallest absolute Gasteiger partial charge is 0.303 e. The lowest BCUT2D eigenvalue weighted by Crippen LogP contribution is -1.98. The first-order valence-electron chi connectivity index (χ1n) is 11.4. The lowest BCUT2D eigenvalue weighted by molar-refractivity contribution is -0.136. The van der Waals surface area contributed by atoms with Crippen molar-refractivity contribution in [2.45, 2.75) is 26.2 Å². The van der Waals surface area contributed by atoms with Gasteiger partial charge in [0.2, 0.25) is 0 Å². The first-order valence-corrected chi connectivity index (χ1v) is 11.4. The van der Waals surface area contributed by atoms with Crippen molar-refractivity contribution in [2.75, 3.05) is 0 Å². The minimum Gasteiger partial charge on any atom is -0.481 e. The van der Waals surface area contributed by atoms with E-state index in [0.717, 1.165) is 22.2 Å². The summed E-state index contributed by atoms with van der Waals surface area (Å²) in [5, 5.41) is 9.75. The fourth-order valence-electron chi connectivity index (χ4n) is 4.27. The number of carbonyl (C=O) groups is 1. The Morgan fingerprint density at radius 2 is 1.89 bits per heavy atom. The number of aromatic amines is 2. The van der Waals surface area contributed by atoms with Crippen LogP contribution in [0.1, 0.15) is 28.8 Å². The van der Waals surface area contributed by atoms with E-state index < -0.39 is 17.6 Å². The second-order valence-corrected chi connectivity index (χ2v) is 8.64. The molecule has 0 amide bonds. The molecule has 3 N–H and O–H groups in total. The quantitative estimate of drug-likeness (QED) is 0.232. The Kier molecular flexibility index (Phi) is 6.25. The van der Waals surface area contributed by atoms with E-state index >= 15 is 0 Å². The highest BCUT2D eigenvalue weighted by Gasteiger charge is 2.16. The van der Waals surface area contributed by atoms with Crippen molar-refractivity contribution in [3.05, 3.63) is 101 Å². The Hall–Kier alpha value is -4.46. The molecule has 0 radical (unpaired) electrons. The SMILES string of the molecule is Cc1c(Oc2ccc(F)c(-c3ncc(Cc4cccc(CCC(=O)O)c4)[nH]3)c2)c(F)cc2[nH]ccc12. The molecule has 0 atom stereocenters. The third kappa shape index (κ3) is 4.84. The van der Waals surface area contributed by atoms with Gasteiger partial charge in [0.15, 0.2) is 11.6 Å². The third-order valence-corrected chi connectivity index (χ3v) is 6.07. The largest absolute Gasteiger partial charge is 0.481 e. The molecule has 8 heteroatoms. The number of rotatable bonds is 8. The summed E-state index contributed by atoms with van der Waals surface area (Å²) in [4.78, 5) is 21.3. The van der Waals surface area contributed by atoms with Crippen LogP contribution in [-0.4, -0.2) is 26.0 Å². The molecule has 0 aliphatic heterocycles. The van der Waals surface area contributed by atoms with Gasteiger partial charge in [0.25, 0.3) is 0 Å². The average Bonchev–Trinajstić information content (AvgIpc) is 3.51. The highest BCUT2D eigenvalue weighted by atomic mass is 19.1. The molecule has 0 fully saturated rings. The zero-order valence-corrected chi connectivity index (χ0v) is 19.4. The maximum atomic E-state index is 14.7. The van der Waals surface area contributed by atoms with Gasteiger partial charge in [-0.15, -0.1) is 0 Å². The van der Waals surface area contributed by atoms with E-state index in [1.807, 2.05) is 30.3 Å². The second-order valence-electron chi connectivity index (χ2n) is 8.64. The van der Waals surface area contributed by atoms with Crippen molar-refractivity contribution in [3.63, 3.8) is 0 Å². The number of carboxylic acid groups (broad SMARTS) is 1. The van der Waals surface area contributed by atoms with Crippen LogP contribution in [-0.2, 0) is 17.6 Å². The number of H-pyrrole nitrogens is 2. The molecule has 182 valence electrons. The molecule has 0 spiro atoms. The molecular weight excluding hydrogens is 464 g/mol. The predicted molar refractivity (Wildman–Crippen MR) is 132 cm³/mol. The van der Waals surface area contributed by atoms with Crippen molar-refractivity contribution in [2.24, 2.45) is 0 Å².